The number of hydrogen-bond acceptors (Lipinski definition) is 2. The normalized spacial score (nSPS) is 11.2. The van der Waals surface area contributed by atoms with Crippen molar-refractivity contribution in [1.29, 1.82) is 0 Å². The lowest BCUT2D eigenvalue weighted by Gasteiger charge is -2.10. The molecule has 1 amide bonds. The first kappa shape index (κ1) is 24.5. The first-order chi connectivity index (χ1) is 15.7. The van der Waals surface area contributed by atoms with Crippen LogP contribution >= 0.6 is 15.9 Å². The number of aryl methyl sites for hydroxylation is 2. The highest BCUT2D eigenvalue weighted by Gasteiger charge is 2.10. The number of nitrogens with one attached hydrogen (secondary N) is 1. The molecule has 0 aliphatic heterocycles. The van der Waals surface area contributed by atoms with Crippen molar-refractivity contribution in [3.63, 3.8) is 0 Å². The van der Waals surface area contributed by atoms with Gasteiger partial charge in [0.25, 0.3) is 5.91 Å². The largest absolute Gasteiger partial charge is 0.352 e. The topological polar surface area (TPSA) is 46.9 Å². The lowest BCUT2D eigenvalue weighted by Crippen LogP contribution is -2.24. The Balaban J connectivity index is 1.43. The molecule has 0 radical (unpaired) electrons. The van der Waals surface area contributed by atoms with Gasteiger partial charge in [-0.05, 0) is 49.6 Å². The van der Waals surface area contributed by atoms with Crippen molar-refractivity contribution in [2.75, 3.05) is 6.54 Å². The number of carbonyl (C=O) groups is 1. The number of unbranched alkanes of at least 4 members (excludes halogenated alkanes) is 7. The van der Waals surface area contributed by atoms with E-state index < -0.39 is 0 Å². The Labute approximate surface area is 200 Å². The molecular weight excluding hydrogens is 462 g/mol. The third-order valence-corrected chi connectivity index (χ3v) is 6.41. The van der Waals surface area contributed by atoms with Gasteiger partial charge in [-0.1, -0.05) is 79.6 Å². The second kappa shape index (κ2) is 13.4. The minimum Gasteiger partial charge on any atom is -0.352 e. The molecule has 0 unspecified atom stereocenters. The number of carbonyl (C=O) groups excluding carboxylic acids is 1. The van der Waals surface area contributed by atoms with Gasteiger partial charge >= 0.3 is 0 Å². The molecule has 0 spiro atoms. The molecule has 0 fully saturated rings. The number of para-hydroxylation sites is 2. The van der Waals surface area contributed by atoms with Crippen molar-refractivity contribution in [3.05, 3.63) is 64.4 Å². The Morgan fingerprint density at radius 3 is 2.56 bits per heavy atom. The van der Waals surface area contributed by atoms with E-state index in [1.807, 2.05) is 24.3 Å². The highest BCUT2D eigenvalue weighted by atomic mass is 79.9. The smallest absolute Gasteiger partial charge is 0.251 e. The third-order valence-electron chi connectivity index (χ3n) is 5.92. The Bertz CT molecular complexity index is 982. The van der Waals surface area contributed by atoms with Gasteiger partial charge in [0.15, 0.2) is 0 Å². The Hall–Kier alpha value is -2.14. The molecular formula is C27H36BrN3O. The molecule has 5 heteroatoms. The van der Waals surface area contributed by atoms with Crippen molar-refractivity contribution in [1.82, 2.24) is 14.9 Å². The van der Waals surface area contributed by atoms with Crippen LogP contribution in [-0.4, -0.2) is 22.0 Å². The summed E-state index contributed by atoms with van der Waals surface area (Å²) in [5.74, 6) is 1.20. The van der Waals surface area contributed by atoms with Crippen LogP contribution in [0.4, 0.5) is 0 Å². The molecule has 1 N–H and O–H groups in total. The summed E-state index contributed by atoms with van der Waals surface area (Å²) in [4.78, 5) is 17.2. The maximum Gasteiger partial charge on any atom is 0.251 e. The highest BCUT2D eigenvalue weighted by molar-refractivity contribution is 9.10. The minimum atomic E-state index is -0.00738. The molecule has 0 atom stereocenters. The zero-order valence-electron chi connectivity index (χ0n) is 19.3. The number of nitrogens with zero attached hydrogens (tertiary/aromatic N) is 2. The summed E-state index contributed by atoms with van der Waals surface area (Å²) in [6.07, 6.45) is 12.0. The van der Waals surface area contributed by atoms with Crippen molar-refractivity contribution in [2.45, 2.75) is 77.7 Å². The minimum absolute atomic E-state index is 0.00738. The van der Waals surface area contributed by atoms with Crippen molar-refractivity contribution < 1.29 is 4.79 Å². The Kier molecular flexibility index (Phi) is 10.3. The molecule has 4 nitrogen and oxygen atoms in total. The lowest BCUT2D eigenvalue weighted by molar-refractivity contribution is 0.0953. The van der Waals surface area contributed by atoms with E-state index in [0.29, 0.717) is 12.1 Å². The molecule has 2 aromatic carbocycles. The second-order valence-electron chi connectivity index (χ2n) is 8.51. The van der Waals surface area contributed by atoms with E-state index in [1.54, 1.807) is 0 Å². The number of halogens is 1. The van der Waals surface area contributed by atoms with Gasteiger partial charge in [-0.2, -0.15) is 0 Å². The van der Waals surface area contributed by atoms with Gasteiger partial charge in [-0.15, -0.1) is 0 Å². The van der Waals surface area contributed by atoms with Crippen LogP contribution in [0.3, 0.4) is 0 Å². The number of amides is 1. The molecule has 0 saturated carbocycles. The third kappa shape index (κ3) is 7.47. The monoisotopic (exact) mass is 497 g/mol. The number of imidazole rings is 1. The summed E-state index contributed by atoms with van der Waals surface area (Å²) in [6.45, 7) is 4.03. The van der Waals surface area contributed by atoms with Crippen molar-refractivity contribution >= 4 is 32.9 Å². The second-order valence-corrected chi connectivity index (χ2v) is 9.43. The molecule has 0 bridgehead atoms. The molecule has 3 aromatic rings. The van der Waals surface area contributed by atoms with E-state index in [-0.39, 0.29) is 5.91 Å². The van der Waals surface area contributed by atoms with Crippen molar-refractivity contribution in [2.24, 2.45) is 0 Å². The zero-order chi connectivity index (χ0) is 22.6. The molecule has 172 valence electrons. The molecule has 0 aliphatic carbocycles. The number of benzene rings is 2. The highest BCUT2D eigenvalue weighted by Crippen LogP contribution is 2.19. The number of aromatic nitrogens is 2. The molecule has 0 aliphatic rings. The van der Waals surface area contributed by atoms with Gasteiger partial charge in [0.05, 0.1) is 11.0 Å². The van der Waals surface area contributed by atoms with Crippen LogP contribution in [0.25, 0.3) is 11.0 Å². The molecule has 3 rings (SSSR count). The fourth-order valence-corrected chi connectivity index (χ4v) is 4.53. The predicted molar refractivity (Wildman–Crippen MR) is 137 cm³/mol. The average Bonchev–Trinajstić information content (AvgIpc) is 3.15. The lowest BCUT2D eigenvalue weighted by atomic mass is 10.1. The summed E-state index contributed by atoms with van der Waals surface area (Å²) in [6, 6.07) is 16.0. The first-order valence-corrected chi connectivity index (χ1v) is 13.0. The van der Waals surface area contributed by atoms with Gasteiger partial charge in [-0.25, -0.2) is 4.98 Å². The number of rotatable bonds is 14. The van der Waals surface area contributed by atoms with Crippen LogP contribution in [0.1, 0.15) is 80.9 Å². The predicted octanol–water partition coefficient (Wildman–Crippen LogP) is 7.30. The maximum absolute atomic E-state index is 12.2. The van der Waals surface area contributed by atoms with Crippen molar-refractivity contribution in [3.8, 4) is 0 Å². The summed E-state index contributed by atoms with van der Waals surface area (Å²) in [7, 11) is 0. The van der Waals surface area contributed by atoms with E-state index >= 15 is 0 Å². The Morgan fingerprint density at radius 1 is 0.938 bits per heavy atom. The summed E-state index contributed by atoms with van der Waals surface area (Å²) in [5, 5.41) is 3.03. The van der Waals surface area contributed by atoms with E-state index in [2.05, 4.69) is 57.0 Å². The molecule has 0 saturated heterocycles. The summed E-state index contributed by atoms with van der Waals surface area (Å²) >= 11 is 3.41. The molecule has 1 aromatic heterocycles. The van der Waals surface area contributed by atoms with Gasteiger partial charge in [0.1, 0.15) is 5.82 Å². The average molecular weight is 499 g/mol. The zero-order valence-corrected chi connectivity index (χ0v) is 20.9. The van der Waals surface area contributed by atoms with Gasteiger partial charge in [0.2, 0.25) is 0 Å². The van der Waals surface area contributed by atoms with E-state index in [9.17, 15) is 4.79 Å². The SMILES string of the molecule is CCCCCCCCn1c(CCCCCNC(=O)c2cccc(Br)c2)nc2ccccc21. The quantitative estimate of drug-likeness (QED) is 0.237. The fourth-order valence-electron chi connectivity index (χ4n) is 4.13. The van der Waals surface area contributed by atoms with Gasteiger partial charge < -0.3 is 9.88 Å². The van der Waals surface area contributed by atoms with Crippen LogP contribution in [0, 0.1) is 0 Å². The number of hydrogen-bond donors (Lipinski definition) is 1. The molecule has 32 heavy (non-hydrogen) atoms. The van der Waals surface area contributed by atoms with E-state index in [4.69, 9.17) is 4.98 Å². The van der Waals surface area contributed by atoms with Gasteiger partial charge in [0, 0.05) is 29.5 Å². The Morgan fingerprint density at radius 2 is 1.72 bits per heavy atom. The number of fused-ring (bicyclic) bond motifs is 1. The summed E-state index contributed by atoms with van der Waals surface area (Å²) < 4.78 is 3.36. The van der Waals surface area contributed by atoms with Crippen LogP contribution in [0.2, 0.25) is 0 Å². The van der Waals surface area contributed by atoms with Crippen LogP contribution in [0.5, 0.6) is 0 Å². The molecule has 1 heterocycles. The standard InChI is InChI=1S/C27H36BrN3O/c1-2-3-4-5-6-12-20-31-25-17-10-9-16-24(25)30-26(31)18-8-7-11-19-29-27(32)22-14-13-15-23(28)21-22/h9-10,13-17,21H,2-8,11-12,18-20H2,1H3,(H,29,32). The van der Waals surface area contributed by atoms with Crippen LogP contribution in [-0.2, 0) is 13.0 Å². The maximum atomic E-state index is 12.2. The fraction of sp³-hybridized carbons (Fsp3) is 0.481. The van der Waals surface area contributed by atoms with E-state index in [0.717, 1.165) is 42.2 Å². The van der Waals surface area contributed by atoms with Crippen LogP contribution in [0.15, 0.2) is 53.0 Å². The summed E-state index contributed by atoms with van der Waals surface area (Å²) in [5.41, 5.74) is 3.06. The van der Waals surface area contributed by atoms with Crippen LogP contribution < -0.4 is 5.32 Å². The van der Waals surface area contributed by atoms with Gasteiger partial charge in [-0.3, -0.25) is 4.79 Å². The first-order valence-electron chi connectivity index (χ1n) is 12.2. The van der Waals surface area contributed by atoms with E-state index in [1.165, 1.54) is 49.9 Å².